The lowest BCUT2D eigenvalue weighted by molar-refractivity contribution is -0.115. The highest BCUT2D eigenvalue weighted by Crippen LogP contribution is 2.39. The summed E-state index contributed by atoms with van der Waals surface area (Å²) >= 11 is 6.11. The number of primary amides is 1. The second-order valence-corrected chi connectivity index (χ2v) is 6.82. The molecule has 0 radical (unpaired) electrons. The third-order valence-corrected chi connectivity index (χ3v) is 4.87. The van der Waals surface area contributed by atoms with Crippen molar-refractivity contribution in [2.45, 2.75) is 13.0 Å². The summed E-state index contributed by atoms with van der Waals surface area (Å²) in [5, 5.41) is 8.37. The molecule has 8 heteroatoms. The van der Waals surface area contributed by atoms with E-state index in [0.717, 1.165) is 11.1 Å². The summed E-state index contributed by atoms with van der Waals surface area (Å²) in [5.74, 6) is 1.09. The SMILES string of the molecule is COc1ccccc1[C@@H]1C(C(N)=O)=C(C)Nc2nc(-c3cccc(Cl)c3)nn21. The number of para-hydroxylation sites is 1. The van der Waals surface area contributed by atoms with E-state index >= 15 is 0 Å². The van der Waals surface area contributed by atoms with Crippen molar-refractivity contribution in [3.63, 3.8) is 0 Å². The van der Waals surface area contributed by atoms with Crippen LogP contribution in [0.2, 0.25) is 5.02 Å². The predicted molar refractivity (Wildman–Crippen MR) is 107 cm³/mol. The van der Waals surface area contributed by atoms with Crippen LogP contribution in [0.1, 0.15) is 18.5 Å². The van der Waals surface area contributed by atoms with Gasteiger partial charge in [0.2, 0.25) is 11.9 Å². The molecule has 0 saturated heterocycles. The van der Waals surface area contributed by atoms with Crippen molar-refractivity contribution in [3.05, 3.63) is 70.4 Å². The molecule has 1 atom stereocenters. The number of methoxy groups -OCH3 is 1. The molecule has 0 fully saturated rings. The first-order valence-electron chi connectivity index (χ1n) is 8.62. The van der Waals surface area contributed by atoms with Crippen molar-refractivity contribution >= 4 is 23.5 Å². The van der Waals surface area contributed by atoms with Crippen molar-refractivity contribution in [1.82, 2.24) is 14.8 Å². The Balaban J connectivity index is 1.92. The van der Waals surface area contributed by atoms with Crippen LogP contribution in [0, 0.1) is 0 Å². The van der Waals surface area contributed by atoms with Gasteiger partial charge in [-0.25, -0.2) is 4.68 Å². The van der Waals surface area contributed by atoms with E-state index in [4.69, 9.17) is 22.1 Å². The molecule has 3 aromatic rings. The second-order valence-electron chi connectivity index (χ2n) is 6.39. The first-order valence-corrected chi connectivity index (χ1v) is 9.00. The van der Waals surface area contributed by atoms with E-state index in [1.165, 1.54) is 0 Å². The van der Waals surface area contributed by atoms with Gasteiger partial charge >= 0.3 is 0 Å². The van der Waals surface area contributed by atoms with Crippen LogP contribution in [-0.4, -0.2) is 27.8 Å². The fraction of sp³-hybridized carbons (Fsp3) is 0.150. The molecule has 0 aliphatic carbocycles. The van der Waals surface area contributed by atoms with Gasteiger partial charge in [0.25, 0.3) is 0 Å². The van der Waals surface area contributed by atoms with Gasteiger partial charge in [-0.1, -0.05) is 41.9 Å². The van der Waals surface area contributed by atoms with E-state index in [1.807, 2.05) is 36.4 Å². The number of hydrogen-bond donors (Lipinski definition) is 2. The zero-order valence-electron chi connectivity index (χ0n) is 15.3. The number of nitrogens with zero attached hydrogens (tertiary/aromatic N) is 3. The summed E-state index contributed by atoms with van der Waals surface area (Å²) < 4.78 is 7.16. The van der Waals surface area contributed by atoms with Gasteiger partial charge in [-0.2, -0.15) is 4.98 Å². The van der Waals surface area contributed by atoms with Crippen LogP contribution >= 0.6 is 11.6 Å². The van der Waals surface area contributed by atoms with Crippen molar-refractivity contribution < 1.29 is 9.53 Å². The van der Waals surface area contributed by atoms with Crippen LogP contribution in [0.25, 0.3) is 11.4 Å². The Bertz CT molecular complexity index is 1110. The molecule has 7 nitrogen and oxygen atoms in total. The first-order chi connectivity index (χ1) is 13.5. The molecule has 1 amide bonds. The highest BCUT2D eigenvalue weighted by Gasteiger charge is 2.35. The number of nitrogens with two attached hydrogens (primary N) is 1. The van der Waals surface area contributed by atoms with Gasteiger partial charge in [-0.3, -0.25) is 4.79 Å². The fourth-order valence-electron chi connectivity index (χ4n) is 3.40. The van der Waals surface area contributed by atoms with Gasteiger partial charge in [-0.05, 0) is 25.1 Å². The Morgan fingerprint density at radius 2 is 2.04 bits per heavy atom. The molecule has 28 heavy (non-hydrogen) atoms. The summed E-state index contributed by atoms with van der Waals surface area (Å²) in [6.07, 6.45) is 0. The highest BCUT2D eigenvalue weighted by atomic mass is 35.5. The van der Waals surface area contributed by atoms with Gasteiger partial charge < -0.3 is 15.8 Å². The first kappa shape index (κ1) is 18.1. The topological polar surface area (TPSA) is 95.1 Å². The maximum Gasteiger partial charge on any atom is 0.248 e. The second kappa shape index (κ2) is 7.01. The molecular formula is C20H18ClN5O2. The zero-order valence-corrected chi connectivity index (χ0v) is 16.1. The van der Waals surface area contributed by atoms with Gasteiger partial charge in [0.05, 0.1) is 12.7 Å². The maximum atomic E-state index is 12.3. The van der Waals surface area contributed by atoms with E-state index < -0.39 is 11.9 Å². The molecule has 4 rings (SSSR count). The number of nitrogens with one attached hydrogen (secondary N) is 1. The molecular weight excluding hydrogens is 378 g/mol. The summed E-state index contributed by atoms with van der Waals surface area (Å²) in [7, 11) is 1.58. The number of halogens is 1. The lowest BCUT2D eigenvalue weighted by Crippen LogP contribution is -2.32. The van der Waals surface area contributed by atoms with Crippen LogP contribution in [0.15, 0.2) is 59.8 Å². The molecule has 0 spiro atoms. The van der Waals surface area contributed by atoms with Crippen LogP contribution in [-0.2, 0) is 4.79 Å². The number of ether oxygens (including phenoxy) is 1. The number of carbonyl (C=O) groups excluding carboxylic acids is 1. The van der Waals surface area contributed by atoms with Crippen LogP contribution < -0.4 is 15.8 Å². The van der Waals surface area contributed by atoms with E-state index in [9.17, 15) is 4.79 Å². The van der Waals surface area contributed by atoms with Crippen LogP contribution in [0.4, 0.5) is 5.95 Å². The summed E-state index contributed by atoms with van der Waals surface area (Å²) in [5.41, 5.74) is 8.28. The van der Waals surface area contributed by atoms with E-state index in [0.29, 0.717) is 33.8 Å². The minimum atomic E-state index is -0.565. The van der Waals surface area contributed by atoms with Gasteiger partial charge in [0.15, 0.2) is 5.82 Å². The predicted octanol–water partition coefficient (Wildman–Crippen LogP) is 3.38. The average molecular weight is 396 g/mol. The van der Waals surface area contributed by atoms with Crippen LogP contribution in [0.5, 0.6) is 5.75 Å². The highest BCUT2D eigenvalue weighted by molar-refractivity contribution is 6.30. The monoisotopic (exact) mass is 395 g/mol. The molecule has 2 aromatic carbocycles. The van der Waals surface area contributed by atoms with Crippen molar-refractivity contribution in [1.29, 1.82) is 0 Å². The minimum Gasteiger partial charge on any atom is -0.496 e. The lowest BCUT2D eigenvalue weighted by atomic mass is 9.94. The number of benzene rings is 2. The number of aromatic nitrogens is 3. The van der Waals surface area contributed by atoms with Gasteiger partial charge in [0, 0.05) is 21.8 Å². The Morgan fingerprint density at radius 1 is 1.25 bits per heavy atom. The summed E-state index contributed by atoms with van der Waals surface area (Å²) in [4.78, 5) is 16.9. The molecule has 1 aromatic heterocycles. The number of anilines is 1. The maximum absolute atomic E-state index is 12.3. The van der Waals surface area contributed by atoms with Crippen molar-refractivity contribution in [3.8, 4) is 17.1 Å². The van der Waals surface area contributed by atoms with Gasteiger partial charge in [0.1, 0.15) is 11.8 Å². The third-order valence-electron chi connectivity index (χ3n) is 4.63. The lowest BCUT2D eigenvalue weighted by Gasteiger charge is -2.28. The fourth-order valence-corrected chi connectivity index (χ4v) is 3.59. The molecule has 0 saturated carbocycles. The number of fused-ring (bicyclic) bond motifs is 1. The summed E-state index contributed by atoms with van der Waals surface area (Å²) in [6, 6.07) is 14.2. The number of carbonyl (C=O) groups is 1. The Hall–Kier alpha value is -3.32. The zero-order chi connectivity index (χ0) is 19.8. The van der Waals surface area contributed by atoms with Gasteiger partial charge in [-0.15, -0.1) is 5.10 Å². The molecule has 142 valence electrons. The molecule has 0 unspecified atom stereocenters. The third kappa shape index (κ3) is 2.99. The van der Waals surface area contributed by atoms with E-state index in [2.05, 4.69) is 15.4 Å². The minimum absolute atomic E-state index is 0.402. The van der Waals surface area contributed by atoms with Crippen LogP contribution in [0.3, 0.4) is 0 Å². The van der Waals surface area contributed by atoms with E-state index in [1.54, 1.807) is 30.8 Å². The van der Waals surface area contributed by atoms with Crippen molar-refractivity contribution in [2.75, 3.05) is 12.4 Å². The molecule has 2 heterocycles. The number of hydrogen-bond acceptors (Lipinski definition) is 5. The Kier molecular flexibility index (Phi) is 4.52. The molecule has 0 bridgehead atoms. The number of rotatable bonds is 4. The Labute approximate surface area is 166 Å². The molecule has 3 N–H and O–H groups in total. The average Bonchev–Trinajstić information content (AvgIpc) is 3.10. The number of allylic oxidation sites excluding steroid dienone is 1. The smallest absolute Gasteiger partial charge is 0.248 e. The quantitative estimate of drug-likeness (QED) is 0.706. The summed E-state index contributed by atoms with van der Waals surface area (Å²) in [6.45, 7) is 1.79. The molecule has 1 aliphatic heterocycles. The normalized spacial score (nSPS) is 15.8. The standard InChI is InChI=1S/C20H18ClN5O2/c1-11-16(18(22)27)17(14-8-3-4-9-15(14)28-2)26-20(23-11)24-19(25-26)12-6-5-7-13(21)10-12/h3-10,17H,1-2H3,(H2,22,27)(H,23,24,25)/t17-/m1/s1. The Morgan fingerprint density at radius 3 is 2.75 bits per heavy atom. The number of amides is 1. The van der Waals surface area contributed by atoms with Crippen molar-refractivity contribution in [2.24, 2.45) is 5.73 Å². The molecule has 1 aliphatic rings. The van der Waals surface area contributed by atoms with E-state index in [-0.39, 0.29) is 0 Å². The largest absolute Gasteiger partial charge is 0.496 e.